The Labute approximate surface area is 139 Å². The number of sulfonamides is 1. The smallest absolute Gasteiger partial charge is 0.234 e. The van der Waals surface area contributed by atoms with E-state index in [4.69, 9.17) is 5.26 Å². The van der Waals surface area contributed by atoms with Gasteiger partial charge in [0.2, 0.25) is 15.8 Å². The van der Waals surface area contributed by atoms with Crippen LogP contribution in [-0.2, 0) is 16.6 Å². The number of nitriles is 1. The van der Waals surface area contributed by atoms with Crippen LogP contribution in [0.2, 0.25) is 0 Å². The van der Waals surface area contributed by atoms with Gasteiger partial charge in [0.1, 0.15) is 17.5 Å². The molecule has 0 fully saturated rings. The summed E-state index contributed by atoms with van der Waals surface area (Å²) in [5.41, 5.74) is 1.33. The summed E-state index contributed by atoms with van der Waals surface area (Å²) in [7, 11) is -1.95. The molecular formula is C15H14N6O2S. The summed E-state index contributed by atoms with van der Waals surface area (Å²) in [4.78, 5) is 12.3. The van der Waals surface area contributed by atoms with Crippen LogP contribution < -0.4 is 4.31 Å². The predicted molar refractivity (Wildman–Crippen MR) is 88.8 cm³/mol. The number of aromatic nitrogens is 4. The molecular weight excluding hydrogens is 328 g/mol. The molecule has 0 bridgehead atoms. The van der Waals surface area contributed by atoms with E-state index in [1.165, 1.54) is 7.05 Å². The maximum Gasteiger partial charge on any atom is 0.234 e. The molecule has 122 valence electrons. The van der Waals surface area contributed by atoms with E-state index in [1.54, 1.807) is 18.5 Å². The van der Waals surface area contributed by atoms with Gasteiger partial charge in [-0.05, 0) is 12.1 Å². The molecule has 0 aliphatic rings. The number of pyridine rings is 1. The number of nitrogens with zero attached hydrogens (tertiary/aromatic N) is 6. The van der Waals surface area contributed by atoms with Gasteiger partial charge in [0.15, 0.2) is 0 Å². The third kappa shape index (κ3) is 2.91. The fourth-order valence-corrected chi connectivity index (χ4v) is 2.81. The van der Waals surface area contributed by atoms with E-state index < -0.39 is 10.0 Å². The molecule has 3 aromatic rings. The summed E-state index contributed by atoms with van der Waals surface area (Å²) in [6.07, 6.45) is 6.08. The highest BCUT2D eigenvalue weighted by Gasteiger charge is 2.17. The number of anilines is 1. The molecule has 0 N–H and O–H groups in total. The maximum absolute atomic E-state index is 11.8. The van der Waals surface area contributed by atoms with Crippen LogP contribution in [0.5, 0.6) is 0 Å². The highest BCUT2D eigenvalue weighted by atomic mass is 32.2. The van der Waals surface area contributed by atoms with Crippen LogP contribution in [0.3, 0.4) is 0 Å². The third-order valence-electron chi connectivity index (χ3n) is 3.61. The first kappa shape index (κ1) is 15.9. The van der Waals surface area contributed by atoms with Crippen molar-refractivity contribution >= 4 is 26.9 Å². The molecule has 0 aliphatic carbocycles. The van der Waals surface area contributed by atoms with Gasteiger partial charge in [0.05, 0.1) is 12.8 Å². The van der Waals surface area contributed by atoms with Gasteiger partial charge >= 0.3 is 0 Å². The van der Waals surface area contributed by atoms with Crippen LogP contribution in [0.1, 0.15) is 11.4 Å². The summed E-state index contributed by atoms with van der Waals surface area (Å²) in [5, 5.41) is 9.76. The second-order valence-electron chi connectivity index (χ2n) is 5.24. The van der Waals surface area contributed by atoms with Crippen molar-refractivity contribution < 1.29 is 8.42 Å². The quantitative estimate of drug-likeness (QED) is 0.704. The molecule has 0 saturated heterocycles. The molecule has 0 spiro atoms. The van der Waals surface area contributed by atoms with E-state index in [1.807, 2.05) is 29.0 Å². The first-order chi connectivity index (χ1) is 11.4. The van der Waals surface area contributed by atoms with Gasteiger partial charge < -0.3 is 4.57 Å². The van der Waals surface area contributed by atoms with Gasteiger partial charge in [0.25, 0.3) is 0 Å². The zero-order valence-corrected chi connectivity index (χ0v) is 13.9. The van der Waals surface area contributed by atoms with Crippen molar-refractivity contribution in [3.8, 4) is 6.07 Å². The zero-order chi connectivity index (χ0) is 17.3. The van der Waals surface area contributed by atoms with Crippen molar-refractivity contribution in [1.29, 1.82) is 5.26 Å². The average Bonchev–Trinajstić information content (AvgIpc) is 2.96. The Kier molecular flexibility index (Phi) is 3.91. The topological polar surface area (TPSA) is 105 Å². The molecule has 24 heavy (non-hydrogen) atoms. The summed E-state index contributed by atoms with van der Waals surface area (Å²) < 4.78 is 26.6. The summed E-state index contributed by atoms with van der Waals surface area (Å²) in [6, 6.07) is 7.31. The molecule has 0 aromatic carbocycles. The Balaban J connectivity index is 2.06. The Bertz CT molecular complexity index is 1050. The highest BCUT2D eigenvalue weighted by molar-refractivity contribution is 7.92. The van der Waals surface area contributed by atoms with Crippen molar-refractivity contribution in [1.82, 2.24) is 19.5 Å². The molecule has 8 nitrogen and oxygen atoms in total. The second-order valence-corrected chi connectivity index (χ2v) is 7.26. The van der Waals surface area contributed by atoms with Crippen molar-refractivity contribution in [2.45, 2.75) is 6.54 Å². The van der Waals surface area contributed by atoms with E-state index >= 15 is 0 Å². The second kappa shape index (κ2) is 5.90. The van der Waals surface area contributed by atoms with E-state index in [9.17, 15) is 8.42 Å². The van der Waals surface area contributed by atoms with Crippen molar-refractivity contribution in [2.24, 2.45) is 0 Å². The summed E-state index contributed by atoms with van der Waals surface area (Å²) >= 11 is 0. The fraction of sp³-hybridized carbons (Fsp3) is 0.200. The monoisotopic (exact) mass is 342 g/mol. The summed E-state index contributed by atoms with van der Waals surface area (Å²) in [6.45, 7) is 0.369. The number of rotatable bonds is 4. The molecule has 3 heterocycles. The van der Waals surface area contributed by atoms with E-state index in [0.717, 1.165) is 21.5 Å². The van der Waals surface area contributed by atoms with Gasteiger partial charge in [-0.25, -0.2) is 23.4 Å². The van der Waals surface area contributed by atoms with Gasteiger partial charge in [-0.3, -0.25) is 4.31 Å². The minimum atomic E-state index is -3.42. The van der Waals surface area contributed by atoms with Crippen LogP contribution in [0.4, 0.5) is 5.82 Å². The zero-order valence-electron chi connectivity index (χ0n) is 13.1. The van der Waals surface area contributed by atoms with E-state index in [2.05, 4.69) is 15.0 Å². The van der Waals surface area contributed by atoms with Crippen molar-refractivity contribution in [3.63, 3.8) is 0 Å². The lowest BCUT2D eigenvalue weighted by molar-refractivity contribution is 0.599. The largest absolute Gasteiger partial charge is 0.328 e. The first-order valence-corrected chi connectivity index (χ1v) is 8.85. The molecule has 0 saturated carbocycles. The van der Waals surface area contributed by atoms with Crippen LogP contribution in [-0.4, -0.2) is 41.2 Å². The van der Waals surface area contributed by atoms with Gasteiger partial charge in [-0.2, -0.15) is 5.26 Å². The minimum Gasteiger partial charge on any atom is -0.328 e. The van der Waals surface area contributed by atoms with E-state index in [-0.39, 0.29) is 5.82 Å². The maximum atomic E-state index is 11.8. The van der Waals surface area contributed by atoms with Crippen molar-refractivity contribution in [3.05, 3.63) is 48.2 Å². The lowest BCUT2D eigenvalue weighted by Gasteiger charge is -2.19. The number of fused-ring (bicyclic) bond motifs is 1. The standard InChI is InChI=1S/C15H14N6O2S/c1-20(24(2,22)23)14-12(4-3-6-17-14)10-21-7-5-11-9-18-13(8-16)19-15(11)21/h3-7,9H,10H2,1-2H3. The SMILES string of the molecule is CN(c1ncccc1Cn1ccc2cnc(C#N)nc21)S(C)(=O)=O. The predicted octanol–water partition coefficient (Wildman–Crippen LogP) is 1.14. The Hall–Kier alpha value is -2.99. The molecule has 0 radical (unpaired) electrons. The normalized spacial score (nSPS) is 11.4. The lowest BCUT2D eigenvalue weighted by atomic mass is 10.2. The van der Waals surface area contributed by atoms with Crippen LogP contribution in [0.15, 0.2) is 36.8 Å². The van der Waals surface area contributed by atoms with Gasteiger partial charge in [-0.15, -0.1) is 0 Å². The van der Waals surface area contributed by atoms with Crippen LogP contribution in [0.25, 0.3) is 11.0 Å². The minimum absolute atomic E-state index is 0.0853. The molecule has 0 unspecified atom stereocenters. The Morgan fingerprint density at radius 1 is 1.33 bits per heavy atom. The Morgan fingerprint density at radius 3 is 2.83 bits per heavy atom. The molecule has 0 aliphatic heterocycles. The van der Waals surface area contributed by atoms with E-state index in [0.29, 0.717) is 18.0 Å². The lowest BCUT2D eigenvalue weighted by Crippen LogP contribution is -2.27. The Morgan fingerprint density at radius 2 is 2.12 bits per heavy atom. The molecule has 3 aromatic heterocycles. The number of hydrogen-bond donors (Lipinski definition) is 0. The molecule has 0 atom stereocenters. The molecule has 0 amide bonds. The van der Waals surface area contributed by atoms with Crippen LogP contribution in [0, 0.1) is 11.3 Å². The van der Waals surface area contributed by atoms with Crippen LogP contribution >= 0.6 is 0 Å². The highest BCUT2D eigenvalue weighted by Crippen LogP contribution is 2.21. The molecule has 3 rings (SSSR count). The first-order valence-electron chi connectivity index (χ1n) is 7.00. The fourth-order valence-electron chi connectivity index (χ4n) is 2.33. The van der Waals surface area contributed by atoms with Gasteiger partial charge in [0, 0.05) is 36.6 Å². The molecule has 9 heteroatoms. The number of hydrogen-bond acceptors (Lipinski definition) is 6. The third-order valence-corrected chi connectivity index (χ3v) is 4.77. The average molecular weight is 342 g/mol. The summed E-state index contributed by atoms with van der Waals surface area (Å²) in [5.74, 6) is 0.443. The van der Waals surface area contributed by atoms with Gasteiger partial charge in [-0.1, -0.05) is 6.07 Å². The van der Waals surface area contributed by atoms with Crippen molar-refractivity contribution in [2.75, 3.05) is 17.6 Å².